The van der Waals surface area contributed by atoms with Crippen LogP contribution >= 0.6 is 11.3 Å². The Balaban J connectivity index is 1.83. The molecule has 2 rings (SSSR count). The summed E-state index contributed by atoms with van der Waals surface area (Å²) in [5, 5.41) is 0. The highest BCUT2D eigenvalue weighted by Crippen LogP contribution is 2.21. The van der Waals surface area contributed by atoms with Crippen LogP contribution in [0.4, 0.5) is 8.78 Å². The van der Waals surface area contributed by atoms with Gasteiger partial charge < -0.3 is 4.74 Å². The van der Waals surface area contributed by atoms with Crippen molar-refractivity contribution in [1.82, 2.24) is 4.72 Å². The van der Waals surface area contributed by atoms with E-state index in [9.17, 15) is 17.2 Å². The van der Waals surface area contributed by atoms with Gasteiger partial charge in [-0.1, -0.05) is 18.8 Å². The van der Waals surface area contributed by atoms with Crippen LogP contribution in [0.1, 0.15) is 11.8 Å². The zero-order chi connectivity index (χ0) is 17.6. The monoisotopic (exact) mass is 371 g/mol. The van der Waals surface area contributed by atoms with Crippen LogP contribution in [0.3, 0.4) is 0 Å². The zero-order valence-electron chi connectivity index (χ0n) is 12.8. The molecule has 0 bridgehead atoms. The molecule has 0 aliphatic heterocycles. The molecule has 1 heterocycles. The van der Waals surface area contributed by atoms with Crippen LogP contribution < -0.4 is 9.46 Å². The van der Waals surface area contributed by atoms with Gasteiger partial charge in [-0.2, -0.15) is 4.72 Å². The highest BCUT2D eigenvalue weighted by atomic mass is 32.2. The summed E-state index contributed by atoms with van der Waals surface area (Å²) in [7, 11) is -3.58. The second kappa shape index (κ2) is 8.24. The minimum Gasteiger partial charge on any atom is -0.478 e. The number of thiophene rings is 1. The molecule has 0 atom stereocenters. The lowest BCUT2D eigenvalue weighted by Crippen LogP contribution is -2.23. The highest BCUT2D eigenvalue weighted by molar-refractivity contribution is 7.91. The molecule has 1 aromatic carbocycles. The minimum absolute atomic E-state index is 0.0864. The maximum absolute atomic E-state index is 13.3. The molecule has 0 saturated heterocycles. The van der Waals surface area contributed by atoms with Crippen LogP contribution in [-0.4, -0.2) is 21.6 Å². The maximum Gasteiger partial charge on any atom is 0.250 e. The number of sulfonamides is 1. The average Bonchev–Trinajstić information content (AvgIpc) is 3.02. The van der Waals surface area contributed by atoms with Crippen molar-refractivity contribution in [3.63, 3.8) is 0 Å². The summed E-state index contributed by atoms with van der Waals surface area (Å²) in [6.07, 6.45) is 0.775. The molecule has 0 radical (unpaired) electrons. The lowest BCUT2D eigenvalue weighted by atomic mass is 10.3. The molecule has 8 heteroatoms. The first kappa shape index (κ1) is 18.4. The summed E-state index contributed by atoms with van der Waals surface area (Å²) >= 11 is 1.21. The molecule has 1 N–H and O–H groups in total. The van der Waals surface area contributed by atoms with E-state index in [-0.39, 0.29) is 23.1 Å². The molecule has 0 fully saturated rings. The predicted octanol–water partition coefficient (Wildman–Crippen LogP) is 2.95. The summed E-state index contributed by atoms with van der Waals surface area (Å²) < 4.78 is 57.7. The molecule has 0 saturated carbocycles. The zero-order valence-corrected chi connectivity index (χ0v) is 14.4. The van der Waals surface area contributed by atoms with E-state index in [1.165, 1.54) is 11.3 Å². The molecule has 2 aromatic rings. The van der Waals surface area contributed by atoms with Gasteiger partial charge in [-0.25, -0.2) is 17.2 Å². The Kier molecular flexibility index (Phi) is 6.31. The molecule has 4 nitrogen and oxygen atoms in total. The van der Waals surface area contributed by atoms with Crippen molar-refractivity contribution < 1.29 is 21.9 Å². The van der Waals surface area contributed by atoms with Crippen molar-refractivity contribution in [1.29, 1.82) is 0 Å². The second-order valence-corrected chi connectivity index (χ2v) is 7.78. The van der Waals surface area contributed by atoms with Crippen molar-refractivity contribution in [2.75, 3.05) is 13.2 Å². The Hall–Kier alpha value is -1.95. The van der Waals surface area contributed by atoms with Gasteiger partial charge in [-0.05, 0) is 30.7 Å². The van der Waals surface area contributed by atoms with Gasteiger partial charge >= 0.3 is 0 Å². The van der Waals surface area contributed by atoms with Gasteiger partial charge in [0.1, 0.15) is 16.6 Å². The number of halogens is 2. The molecule has 0 unspecified atom stereocenters. The van der Waals surface area contributed by atoms with Crippen molar-refractivity contribution >= 4 is 21.4 Å². The molecular weight excluding hydrogens is 356 g/mol. The first-order valence-electron chi connectivity index (χ1n) is 7.04. The number of ether oxygens (including phenoxy) is 1. The number of rotatable bonds is 6. The first-order chi connectivity index (χ1) is 11.4. The van der Waals surface area contributed by atoms with Gasteiger partial charge in [0.15, 0.2) is 11.6 Å². The highest BCUT2D eigenvalue weighted by Gasteiger charge is 2.15. The van der Waals surface area contributed by atoms with Crippen LogP contribution in [0, 0.1) is 23.5 Å². The van der Waals surface area contributed by atoms with E-state index in [2.05, 4.69) is 16.6 Å². The van der Waals surface area contributed by atoms with Gasteiger partial charge in [0.05, 0.1) is 6.54 Å². The van der Waals surface area contributed by atoms with Crippen LogP contribution in [0.5, 0.6) is 5.75 Å². The summed E-state index contributed by atoms with van der Waals surface area (Å²) in [4.78, 5) is 0.983. The standard InChI is InChI=1S/C16H15F2NO3S2/c1-2-13-6-8-16(23-13)24(20,21)19-9-3-4-10-22-15-7-5-12(17)11-14(15)18/h5-8,11,19H,2,9-10H2,1H3. The van der Waals surface area contributed by atoms with Gasteiger partial charge in [0, 0.05) is 10.9 Å². The Morgan fingerprint density at radius 3 is 2.67 bits per heavy atom. The number of hydrogen-bond acceptors (Lipinski definition) is 4. The molecule has 1 aromatic heterocycles. The summed E-state index contributed by atoms with van der Waals surface area (Å²) in [6.45, 7) is 1.73. The average molecular weight is 371 g/mol. The third kappa shape index (κ3) is 5.03. The smallest absolute Gasteiger partial charge is 0.250 e. The van der Waals surface area contributed by atoms with E-state index in [0.29, 0.717) is 6.07 Å². The van der Waals surface area contributed by atoms with Crippen molar-refractivity contribution in [2.45, 2.75) is 17.6 Å². The summed E-state index contributed by atoms with van der Waals surface area (Å²) in [5.41, 5.74) is 0. The lowest BCUT2D eigenvalue weighted by molar-refractivity contribution is 0.346. The van der Waals surface area contributed by atoms with Crippen LogP contribution in [0.25, 0.3) is 0 Å². The Morgan fingerprint density at radius 2 is 2.00 bits per heavy atom. The quantitative estimate of drug-likeness (QED) is 0.795. The fraction of sp³-hybridized carbons (Fsp3) is 0.250. The summed E-state index contributed by atoms with van der Waals surface area (Å²) in [6, 6.07) is 6.28. The van der Waals surface area contributed by atoms with E-state index in [4.69, 9.17) is 4.74 Å². The Labute approximate surface area is 143 Å². The van der Waals surface area contributed by atoms with Crippen LogP contribution in [0.15, 0.2) is 34.5 Å². The summed E-state index contributed by atoms with van der Waals surface area (Å²) in [5.74, 6) is 3.51. The number of aryl methyl sites for hydroxylation is 1. The third-order valence-electron chi connectivity index (χ3n) is 2.92. The van der Waals surface area contributed by atoms with Crippen molar-refractivity contribution in [3.05, 3.63) is 46.8 Å². The van der Waals surface area contributed by atoms with Gasteiger partial charge in [0.25, 0.3) is 10.0 Å². The largest absolute Gasteiger partial charge is 0.478 e. The fourth-order valence-electron chi connectivity index (χ4n) is 1.71. The van der Waals surface area contributed by atoms with E-state index in [1.807, 2.05) is 6.92 Å². The molecule has 24 heavy (non-hydrogen) atoms. The molecule has 0 aliphatic carbocycles. The van der Waals surface area contributed by atoms with E-state index in [0.717, 1.165) is 23.4 Å². The third-order valence-corrected chi connectivity index (χ3v) is 6.04. The van der Waals surface area contributed by atoms with E-state index >= 15 is 0 Å². The number of benzene rings is 1. The topological polar surface area (TPSA) is 55.4 Å². The molecule has 0 amide bonds. The van der Waals surface area contributed by atoms with E-state index in [1.54, 1.807) is 12.1 Å². The minimum atomic E-state index is -3.58. The Bertz CT molecular complexity index is 867. The normalized spacial score (nSPS) is 11.0. The molecular formula is C16H15F2NO3S2. The Morgan fingerprint density at radius 1 is 1.21 bits per heavy atom. The van der Waals surface area contributed by atoms with Crippen LogP contribution in [0.2, 0.25) is 0 Å². The SMILES string of the molecule is CCc1ccc(S(=O)(=O)NCC#CCOc2ccc(F)cc2F)s1. The number of nitrogens with one attached hydrogen (secondary N) is 1. The predicted molar refractivity (Wildman–Crippen MR) is 88.5 cm³/mol. The first-order valence-corrected chi connectivity index (χ1v) is 9.34. The van der Waals surface area contributed by atoms with Crippen LogP contribution in [-0.2, 0) is 16.4 Å². The fourth-order valence-corrected chi connectivity index (χ4v) is 3.98. The van der Waals surface area contributed by atoms with Crippen molar-refractivity contribution in [3.8, 4) is 17.6 Å². The van der Waals surface area contributed by atoms with Gasteiger partial charge in [0.2, 0.25) is 0 Å². The van der Waals surface area contributed by atoms with Gasteiger partial charge in [-0.15, -0.1) is 11.3 Å². The van der Waals surface area contributed by atoms with Crippen molar-refractivity contribution in [2.24, 2.45) is 0 Å². The maximum atomic E-state index is 13.3. The van der Waals surface area contributed by atoms with Gasteiger partial charge in [-0.3, -0.25) is 0 Å². The second-order valence-electron chi connectivity index (χ2n) is 4.62. The molecule has 0 spiro atoms. The molecule has 128 valence electrons. The van der Waals surface area contributed by atoms with E-state index < -0.39 is 21.7 Å². The number of hydrogen-bond donors (Lipinski definition) is 1. The molecule has 0 aliphatic rings. The lowest BCUT2D eigenvalue weighted by Gasteiger charge is -2.03.